The summed E-state index contributed by atoms with van der Waals surface area (Å²) in [5.74, 6) is 1.78. The van der Waals surface area contributed by atoms with Crippen LogP contribution in [0.4, 0.5) is 0 Å². The summed E-state index contributed by atoms with van der Waals surface area (Å²) in [5.41, 5.74) is 3.47. The van der Waals surface area contributed by atoms with Crippen molar-refractivity contribution in [3.8, 4) is 5.75 Å². The molecule has 33 heavy (non-hydrogen) atoms. The Balaban J connectivity index is 1.39. The van der Waals surface area contributed by atoms with Crippen LogP contribution in [0.15, 0.2) is 65.1 Å². The van der Waals surface area contributed by atoms with Gasteiger partial charge < -0.3 is 19.4 Å². The highest BCUT2D eigenvalue weighted by atomic mass is 16.5. The number of amides is 2. The standard InChI is InChI=1S/C27H28N2O4/c1-2-28-26(30)24-13-12-22(33-24)17-32-21-11-10-18-14-15-29(27(31)20-8-9-20)25(23(18)16-21)19-6-4-3-5-7-19/h3-7,10-13,16,20,25H,2,8-9,14-15,17H2,1H3,(H,28,30). The number of ether oxygens (including phenoxy) is 1. The number of nitrogens with zero attached hydrogens (tertiary/aromatic N) is 1. The van der Waals surface area contributed by atoms with E-state index in [1.54, 1.807) is 12.1 Å². The second-order valence-corrected chi connectivity index (χ2v) is 8.64. The normalized spacial score (nSPS) is 17.4. The van der Waals surface area contributed by atoms with Crippen LogP contribution in [0.1, 0.15) is 58.8 Å². The topological polar surface area (TPSA) is 71.8 Å². The smallest absolute Gasteiger partial charge is 0.286 e. The van der Waals surface area contributed by atoms with Gasteiger partial charge in [-0.05, 0) is 67.1 Å². The lowest BCUT2D eigenvalue weighted by Crippen LogP contribution is -2.41. The van der Waals surface area contributed by atoms with E-state index >= 15 is 0 Å². The van der Waals surface area contributed by atoms with Crippen LogP contribution in [0.2, 0.25) is 0 Å². The second-order valence-electron chi connectivity index (χ2n) is 8.64. The van der Waals surface area contributed by atoms with E-state index in [1.165, 1.54) is 5.56 Å². The van der Waals surface area contributed by atoms with E-state index in [0.717, 1.165) is 36.9 Å². The summed E-state index contributed by atoms with van der Waals surface area (Å²) in [6.45, 7) is 3.36. The number of fused-ring (bicyclic) bond motifs is 1. The molecule has 1 aliphatic heterocycles. The Labute approximate surface area is 193 Å². The fourth-order valence-electron chi connectivity index (χ4n) is 4.46. The Morgan fingerprint density at radius 3 is 2.67 bits per heavy atom. The van der Waals surface area contributed by atoms with Crippen LogP contribution in [0.3, 0.4) is 0 Å². The molecule has 1 atom stereocenters. The summed E-state index contributed by atoms with van der Waals surface area (Å²) < 4.78 is 11.6. The number of carbonyl (C=O) groups is 2. The van der Waals surface area contributed by atoms with Crippen LogP contribution < -0.4 is 10.1 Å². The Morgan fingerprint density at radius 2 is 1.91 bits per heavy atom. The van der Waals surface area contributed by atoms with Gasteiger partial charge in [0.2, 0.25) is 5.91 Å². The number of carbonyl (C=O) groups excluding carboxylic acids is 2. The second kappa shape index (κ2) is 9.14. The van der Waals surface area contributed by atoms with Gasteiger partial charge in [-0.15, -0.1) is 0 Å². The van der Waals surface area contributed by atoms with Gasteiger partial charge in [0.05, 0.1) is 6.04 Å². The minimum Gasteiger partial charge on any atom is -0.486 e. The van der Waals surface area contributed by atoms with Crippen molar-refractivity contribution in [3.63, 3.8) is 0 Å². The molecule has 1 aromatic heterocycles. The van der Waals surface area contributed by atoms with E-state index in [9.17, 15) is 9.59 Å². The summed E-state index contributed by atoms with van der Waals surface area (Å²) in [6.07, 6.45) is 2.83. The van der Waals surface area contributed by atoms with Crippen molar-refractivity contribution in [2.24, 2.45) is 5.92 Å². The maximum Gasteiger partial charge on any atom is 0.286 e. The zero-order valence-corrected chi connectivity index (χ0v) is 18.8. The van der Waals surface area contributed by atoms with E-state index in [0.29, 0.717) is 18.1 Å². The molecule has 2 heterocycles. The van der Waals surface area contributed by atoms with Crippen LogP contribution >= 0.6 is 0 Å². The zero-order chi connectivity index (χ0) is 22.8. The lowest BCUT2D eigenvalue weighted by molar-refractivity contribution is -0.134. The van der Waals surface area contributed by atoms with E-state index in [4.69, 9.17) is 9.15 Å². The molecule has 1 saturated carbocycles. The van der Waals surface area contributed by atoms with E-state index in [-0.39, 0.29) is 36.1 Å². The third-order valence-electron chi connectivity index (χ3n) is 6.27. The minimum absolute atomic E-state index is 0.112. The van der Waals surface area contributed by atoms with Gasteiger partial charge in [-0.3, -0.25) is 9.59 Å². The first-order valence-corrected chi connectivity index (χ1v) is 11.6. The van der Waals surface area contributed by atoms with Gasteiger partial charge in [0, 0.05) is 19.0 Å². The number of nitrogens with one attached hydrogen (secondary N) is 1. The summed E-state index contributed by atoms with van der Waals surface area (Å²) >= 11 is 0. The molecule has 1 N–H and O–H groups in total. The van der Waals surface area contributed by atoms with Crippen molar-refractivity contribution in [1.29, 1.82) is 0 Å². The molecule has 1 fully saturated rings. The molecule has 6 nitrogen and oxygen atoms in total. The molecule has 0 spiro atoms. The van der Waals surface area contributed by atoms with E-state index < -0.39 is 0 Å². The minimum atomic E-state index is -0.233. The van der Waals surface area contributed by atoms with Crippen LogP contribution in [-0.2, 0) is 17.8 Å². The Bertz CT molecular complexity index is 1150. The van der Waals surface area contributed by atoms with Gasteiger partial charge in [-0.25, -0.2) is 0 Å². The molecule has 1 unspecified atom stereocenters. The van der Waals surface area contributed by atoms with Crippen molar-refractivity contribution >= 4 is 11.8 Å². The molecule has 1 aliphatic carbocycles. The number of furan rings is 1. The Kier molecular flexibility index (Phi) is 5.90. The SMILES string of the molecule is CCNC(=O)c1ccc(COc2ccc3c(c2)C(c2ccccc2)N(C(=O)C2CC2)CC3)o1. The fraction of sp³-hybridized carbons (Fsp3) is 0.333. The first kappa shape index (κ1) is 21.3. The number of rotatable bonds is 7. The van der Waals surface area contributed by atoms with Crippen molar-refractivity contribution in [3.05, 3.63) is 88.9 Å². The lowest BCUT2D eigenvalue weighted by Gasteiger charge is -2.38. The van der Waals surface area contributed by atoms with Crippen LogP contribution in [-0.4, -0.2) is 29.8 Å². The summed E-state index contributed by atoms with van der Waals surface area (Å²) in [6, 6.07) is 19.6. The van der Waals surface area contributed by atoms with Gasteiger partial charge in [-0.2, -0.15) is 0 Å². The third-order valence-corrected chi connectivity index (χ3v) is 6.27. The highest BCUT2D eigenvalue weighted by Crippen LogP contribution is 2.41. The number of hydrogen-bond acceptors (Lipinski definition) is 4. The van der Waals surface area contributed by atoms with Crippen LogP contribution in [0.25, 0.3) is 0 Å². The molecule has 2 aromatic carbocycles. The van der Waals surface area contributed by atoms with Gasteiger partial charge in [0.1, 0.15) is 18.1 Å². The molecule has 3 aromatic rings. The lowest BCUT2D eigenvalue weighted by atomic mass is 9.87. The first-order valence-electron chi connectivity index (χ1n) is 11.6. The fourth-order valence-corrected chi connectivity index (χ4v) is 4.46. The van der Waals surface area contributed by atoms with E-state index in [1.807, 2.05) is 42.2 Å². The largest absolute Gasteiger partial charge is 0.486 e. The molecule has 2 amide bonds. The zero-order valence-electron chi connectivity index (χ0n) is 18.8. The quantitative estimate of drug-likeness (QED) is 0.583. The average molecular weight is 445 g/mol. The third kappa shape index (κ3) is 4.51. The molecule has 0 bridgehead atoms. The molecule has 0 radical (unpaired) electrons. The van der Waals surface area contributed by atoms with Crippen LogP contribution in [0, 0.1) is 5.92 Å². The number of benzene rings is 2. The predicted octanol–water partition coefficient (Wildman–Crippen LogP) is 4.49. The summed E-state index contributed by atoms with van der Waals surface area (Å²) in [7, 11) is 0. The predicted molar refractivity (Wildman–Crippen MR) is 124 cm³/mol. The molecule has 2 aliphatic rings. The van der Waals surface area contributed by atoms with Crippen molar-refractivity contribution in [1.82, 2.24) is 10.2 Å². The van der Waals surface area contributed by atoms with Gasteiger partial charge in [0.15, 0.2) is 5.76 Å². The van der Waals surface area contributed by atoms with Crippen molar-refractivity contribution in [2.75, 3.05) is 13.1 Å². The van der Waals surface area contributed by atoms with E-state index in [2.05, 4.69) is 23.5 Å². The molecule has 6 heteroatoms. The Morgan fingerprint density at radius 1 is 1.09 bits per heavy atom. The van der Waals surface area contributed by atoms with Gasteiger partial charge in [0.25, 0.3) is 5.91 Å². The highest BCUT2D eigenvalue weighted by Gasteiger charge is 2.39. The highest BCUT2D eigenvalue weighted by molar-refractivity contribution is 5.91. The van der Waals surface area contributed by atoms with Crippen molar-refractivity contribution in [2.45, 2.75) is 38.8 Å². The van der Waals surface area contributed by atoms with Crippen LogP contribution in [0.5, 0.6) is 5.75 Å². The maximum absolute atomic E-state index is 13.1. The van der Waals surface area contributed by atoms with Crippen molar-refractivity contribution < 1.29 is 18.7 Å². The maximum atomic E-state index is 13.1. The molecule has 170 valence electrons. The summed E-state index contributed by atoms with van der Waals surface area (Å²) in [4.78, 5) is 27.1. The molecular formula is C27H28N2O4. The van der Waals surface area contributed by atoms with Gasteiger partial charge >= 0.3 is 0 Å². The first-order chi connectivity index (χ1) is 16.1. The number of hydrogen-bond donors (Lipinski definition) is 1. The van der Waals surface area contributed by atoms with Gasteiger partial charge in [-0.1, -0.05) is 36.4 Å². The average Bonchev–Trinajstić information content (AvgIpc) is 3.59. The molecule has 5 rings (SSSR count). The summed E-state index contributed by atoms with van der Waals surface area (Å²) in [5, 5.41) is 2.72. The Hall–Kier alpha value is -3.54. The monoisotopic (exact) mass is 444 g/mol. The molecular weight excluding hydrogens is 416 g/mol. The molecule has 0 saturated heterocycles.